The highest BCUT2D eigenvalue weighted by atomic mass is 16.5. The maximum absolute atomic E-state index is 5.67. The highest BCUT2D eigenvalue weighted by molar-refractivity contribution is 4.60. The molecular weight excluding hydrogens is 190 g/mol. The van der Waals surface area contributed by atoms with Crippen LogP contribution in [0.5, 0.6) is 0 Å². The topological polar surface area (TPSA) is 30.5 Å². The van der Waals surface area contributed by atoms with Crippen molar-refractivity contribution in [2.24, 2.45) is 5.92 Å². The molecule has 0 aliphatic heterocycles. The molecule has 0 radical (unpaired) electrons. The Bertz CT molecular complexity index is 140. The first-order valence-electron chi connectivity index (χ1n) is 5.99. The third-order valence-corrected chi connectivity index (χ3v) is 2.10. The van der Waals surface area contributed by atoms with Crippen molar-refractivity contribution in [3.05, 3.63) is 0 Å². The van der Waals surface area contributed by atoms with Crippen LogP contribution in [0.15, 0.2) is 0 Å². The van der Waals surface area contributed by atoms with Gasteiger partial charge in [0.1, 0.15) is 0 Å². The van der Waals surface area contributed by atoms with Gasteiger partial charge in [0.25, 0.3) is 0 Å². The van der Waals surface area contributed by atoms with E-state index < -0.39 is 0 Å². The summed E-state index contributed by atoms with van der Waals surface area (Å²) in [6.45, 7) is 13.8. The molecule has 3 nitrogen and oxygen atoms in total. The molecule has 0 spiro atoms. The van der Waals surface area contributed by atoms with Crippen LogP contribution >= 0.6 is 0 Å². The van der Waals surface area contributed by atoms with Crippen molar-refractivity contribution in [2.45, 2.75) is 46.8 Å². The normalized spacial score (nSPS) is 15.6. The molecule has 0 aromatic carbocycles. The molecule has 15 heavy (non-hydrogen) atoms. The molecular formula is C12H27NO2. The van der Waals surface area contributed by atoms with Gasteiger partial charge in [-0.25, -0.2) is 0 Å². The van der Waals surface area contributed by atoms with Gasteiger partial charge in [0.15, 0.2) is 0 Å². The third kappa shape index (κ3) is 10.2. The first-order chi connectivity index (χ1) is 7.06. The summed E-state index contributed by atoms with van der Waals surface area (Å²) in [5.74, 6) is 0.552. The lowest BCUT2D eigenvalue weighted by Gasteiger charge is -2.18. The summed E-state index contributed by atoms with van der Waals surface area (Å²) in [4.78, 5) is 0. The molecule has 0 aliphatic carbocycles. The minimum absolute atomic E-state index is 0.200. The Kier molecular flexibility index (Phi) is 9.06. The minimum Gasteiger partial charge on any atom is -0.379 e. The molecule has 2 atom stereocenters. The fraction of sp³-hybridized carbons (Fsp3) is 1.00. The average Bonchev–Trinajstić information content (AvgIpc) is 2.20. The van der Waals surface area contributed by atoms with Gasteiger partial charge in [-0.15, -0.1) is 0 Å². The predicted octanol–water partition coefficient (Wildman–Crippen LogP) is 2.06. The Morgan fingerprint density at radius 2 is 1.73 bits per heavy atom. The lowest BCUT2D eigenvalue weighted by Crippen LogP contribution is -2.31. The summed E-state index contributed by atoms with van der Waals surface area (Å²) in [6, 6.07) is 0.549. The van der Waals surface area contributed by atoms with Gasteiger partial charge < -0.3 is 14.8 Å². The van der Waals surface area contributed by atoms with Crippen molar-refractivity contribution < 1.29 is 9.47 Å². The molecule has 0 saturated heterocycles. The van der Waals surface area contributed by atoms with Crippen LogP contribution in [0.4, 0.5) is 0 Å². The molecule has 0 aromatic rings. The largest absolute Gasteiger partial charge is 0.379 e. The first-order valence-corrected chi connectivity index (χ1v) is 5.99. The molecule has 0 amide bonds. The average molecular weight is 217 g/mol. The Hall–Kier alpha value is -0.120. The zero-order valence-corrected chi connectivity index (χ0v) is 10.9. The zero-order chi connectivity index (χ0) is 11.7. The lowest BCUT2D eigenvalue weighted by molar-refractivity contribution is -0.0150. The van der Waals surface area contributed by atoms with Crippen LogP contribution in [0.1, 0.15) is 34.6 Å². The number of ether oxygens (including phenoxy) is 2. The highest BCUT2D eigenvalue weighted by Crippen LogP contribution is 1.99. The molecule has 0 aliphatic rings. The molecule has 0 rings (SSSR count). The van der Waals surface area contributed by atoms with Crippen LogP contribution in [0.3, 0.4) is 0 Å². The van der Waals surface area contributed by atoms with E-state index in [1.54, 1.807) is 0 Å². The van der Waals surface area contributed by atoms with Gasteiger partial charge in [-0.05, 0) is 19.8 Å². The van der Waals surface area contributed by atoms with Gasteiger partial charge in [0, 0.05) is 19.2 Å². The Morgan fingerprint density at radius 1 is 1.07 bits per heavy atom. The van der Waals surface area contributed by atoms with Crippen molar-refractivity contribution in [1.29, 1.82) is 0 Å². The highest BCUT2D eigenvalue weighted by Gasteiger charge is 2.07. The number of rotatable bonds is 9. The van der Waals surface area contributed by atoms with E-state index in [-0.39, 0.29) is 6.10 Å². The maximum atomic E-state index is 5.67. The SMILES string of the molecule is CCOCC(C)OCC(C)CNC(C)C. The third-order valence-electron chi connectivity index (χ3n) is 2.10. The van der Waals surface area contributed by atoms with Crippen molar-refractivity contribution in [1.82, 2.24) is 5.32 Å². The lowest BCUT2D eigenvalue weighted by atomic mass is 10.2. The second kappa shape index (κ2) is 9.13. The van der Waals surface area contributed by atoms with Crippen molar-refractivity contribution in [3.8, 4) is 0 Å². The van der Waals surface area contributed by atoms with Gasteiger partial charge >= 0.3 is 0 Å². The van der Waals surface area contributed by atoms with E-state index in [2.05, 4.69) is 33.0 Å². The van der Waals surface area contributed by atoms with Crippen molar-refractivity contribution >= 4 is 0 Å². The van der Waals surface area contributed by atoms with E-state index in [4.69, 9.17) is 9.47 Å². The fourth-order valence-electron chi connectivity index (χ4n) is 1.16. The molecule has 2 unspecified atom stereocenters. The van der Waals surface area contributed by atoms with E-state index >= 15 is 0 Å². The predicted molar refractivity (Wildman–Crippen MR) is 64.2 cm³/mol. The van der Waals surface area contributed by atoms with E-state index in [1.165, 1.54) is 0 Å². The first kappa shape index (κ1) is 14.9. The van der Waals surface area contributed by atoms with E-state index in [1.807, 2.05) is 6.92 Å². The number of hydrogen-bond donors (Lipinski definition) is 1. The Balaban J connectivity index is 3.39. The quantitative estimate of drug-likeness (QED) is 0.641. The molecule has 0 bridgehead atoms. The van der Waals surface area contributed by atoms with Crippen LogP contribution in [0, 0.1) is 5.92 Å². The molecule has 3 heteroatoms. The van der Waals surface area contributed by atoms with E-state index in [0.717, 1.165) is 19.8 Å². The Labute approximate surface area is 94.5 Å². The van der Waals surface area contributed by atoms with Gasteiger partial charge in [-0.1, -0.05) is 20.8 Å². The van der Waals surface area contributed by atoms with Crippen molar-refractivity contribution in [2.75, 3.05) is 26.4 Å². The van der Waals surface area contributed by atoms with Gasteiger partial charge in [-0.3, -0.25) is 0 Å². The molecule has 1 N–H and O–H groups in total. The Morgan fingerprint density at radius 3 is 2.27 bits per heavy atom. The summed E-state index contributed by atoms with van der Waals surface area (Å²) < 4.78 is 11.0. The summed E-state index contributed by atoms with van der Waals surface area (Å²) in [7, 11) is 0. The fourth-order valence-corrected chi connectivity index (χ4v) is 1.16. The van der Waals surface area contributed by atoms with Crippen LogP contribution in [0.2, 0.25) is 0 Å². The number of nitrogens with one attached hydrogen (secondary N) is 1. The van der Waals surface area contributed by atoms with Crippen molar-refractivity contribution in [3.63, 3.8) is 0 Å². The second-order valence-electron chi connectivity index (χ2n) is 4.47. The van der Waals surface area contributed by atoms with E-state index in [9.17, 15) is 0 Å². The smallest absolute Gasteiger partial charge is 0.0780 e. The monoisotopic (exact) mass is 217 g/mol. The van der Waals surface area contributed by atoms with Crippen LogP contribution in [-0.4, -0.2) is 38.5 Å². The number of hydrogen-bond acceptors (Lipinski definition) is 3. The van der Waals surface area contributed by atoms with Crippen LogP contribution in [0.25, 0.3) is 0 Å². The van der Waals surface area contributed by atoms with Gasteiger partial charge in [-0.2, -0.15) is 0 Å². The zero-order valence-electron chi connectivity index (χ0n) is 10.9. The van der Waals surface area contributed by atoms with Gasteiger partial charge in [0.2, 0.25) is 0 Å². The molecule has 0 saturated carbocycles. The van der Waals surface area contributed by atoms with Crippen LogP contribution < -0.4 is 5.32 Å². The molecule has 92 valence electrons. The van der Waals surface area contributed by atoms with E-state index in [0.29, 0.717) is 18.6 Å². The maximum Gasteiger partial charge on any atom is 0.0780 e. The van der Waals surface area contributed by atoms with Crippen LogP contribution in [-0.2, 0) is 9.47 Å². The molecule has 0 heterocycles. The summed E-state index contributed by atoms with van der Waals surface area (Å²) in [6.07, 6.45) is 0.200. The summed E-state index contributed by atoms with van der Waals surface area (Å²) in [5, 5.41) is 3.40. The second-order valence-corrected chi connectivity index (χ2v) is 4.47. The summed E-state index contributed by atoms with van der Waals surface area (Å²) >= 11 is 0. The van der Waals surface area contributed by atoms with Gasteiger partial charge in [0.05, 0.1) is 19.3 Å². The minimum atomic E-state index is 0.200. The molecule has 0 fully saturated rings. The standard InChI is InChI=1S/C12H27NO2/c1-6-14-9-12(5)15-8-11(4)7-13-10(2)3/h10-13H,6-9H2,1-5H3. The molecule has 0 aromatic heterocycles. The summed E-state index contributed by atoms with van der Waals surface area (Å²) in [5.41, 5.74) is 0.